The Bertz CT molecular complexity index is 241. The summed E-state index contributed by atoms with van der Waals surface area (Å²) in [5.41, 5.74) is 5.80. The van der Waals surface area contributed by atoms with E-state index < -0.39 is 0 Å². The van der Waals surface area contributed by atoms with Crippen molar-refractivity contribution in [2.75, 3.05) is 13.1 Å². The Labute approximate surface area is 129 Å². The molecular formula is C14H30IN3. The van der Waals surface area contributed by atoms with Crippen LogP contribution in [0.3, 0.4) is 0 Å². The highest BCUT2D eigenvalue weighted by molar-refractivity contribution is 14.0. The van der Waals surface area contributed by atoms with Gasteiger partial charge in [-0.25, -0.2) is 0 Å². The Balaban J connectivity index is 0.00000289. The number of rotatable bonds is 5. The van der Waals surface area contributed by atoms with Crippen molar-refractivity contribution in [3.63, 3.8) is 0 Å². The monoisotopic (exact) mass is 367 g/mol. The van der Waals surface area contributed by atoms with Gasteiger partial charge in [0, 0.05) is 13.1 Å². The fourth-order valence-electron chi connectivity index (χ4n) is 2.56. The van der Waals surface area contributed by atoms with Crippen molar-refractivity contribution in [1.29, 1.82) is 0 Å². The zero-order valence-corrected chi connectivity index (χ0v) is 14.4. The van der Waals surface area contributed by atoms with Gasteiger partial charge in [0.25, 0.3) is 0 Å². The number of aliphatic imine (C=N–C) groups is 1. The predicted molar refractivity (Wildman–Crippen MR) is 90.5 cm³/mol. The highest BCUT2D eigenvalue weighted by atomic mass is 127. The van der Waals surface area contributed by atoms with E-state index in [0.29, 0.717) is 11.9 Å². The minimum Gasteiger partial charge on any atom is -0.370 e. The summed E-state index contributed by atoms with van der Waals surface area (Å²) in [6, 6.07) is 0. The molecule has 0 bridgehead atoms. The van der Waals surface area contributed by atoms with Crippen LogP contribution in [0.15, 0.2) is 4.99 Å². The lowest BCUT2D eigenvalue weighted by Gasteiger charge is -2.26. The van der Waals surface area contributed by atoms with Gasteiger partial charge in [-0.2, -0.15) is 0 Å². The van der Waals surface area contributed by atoms with Gasteiger partial charge in [-0.1, -0.05) is 40.0 Å². The Hall–Kier alpha value is 0. The molecule has 0 saturated heterocycles. The fourth-order valence-corrected chi connectivity index (χ4v) is 2.56. The summed E-state index contributed by atoms with van der Waals surface area (Å²) >= 11 is 0. The second-order valence-electron chi connectivity index (χ2n) is 5.97. The maximum absolute atomic E-state index is 5.80. The first-order valence-electron chi connectivity index (χ1n) is 7.11. The number of nitrogens with zero attached hydrogens (tertiary/aromatic N) is 1. The van der Waals surface area contributed by atoms with Gasteiger partial charge in [-0.05, 0) is 30.6 Å². The zero-order chi connectivity index (χ0) is 12.7. The van der Waals surface area contributed by atoms with E-state index in [0.717, 1.165) is 24.9 Å². The maximum Gasteiger partial charge on any atom is 0.188 e. The molecule has 0 radical (unpaired) electrons. The van der Waals surface area contributed by atoms with Crippen molar-refractivity contribution in [1.82, 2.24) is 5.32 Å². The third-order valence-electron chi connectivity index (χ3n) is 3.53. The smallest absolute Gasteiger partial charge is 0.188 e. The van der Waals surface area contributed by atoms with E-state index in [9.17, 15) is 0 Å². The van der Waals surface area contributed by atoms with Crippen molar-refractivity contribution in [3.8, 4) is 0 Å². The SMILES string of the molecule is CC(C)CN=C(N)NCCC1CCCC(C)C1.I. The van der Waals surface area contributed by atoms with Crippen LogP contribution in [-0.4, -0.2) is 19.0 Å². The summed E-state index contributed by atoms with van der Waals surface area (Å²) in [5, 5.41) is 3.23. The highest BCUT2D eigenvalue weighted by Gasteiger charge is 2.18. The van der Waals surface area contributed by atoms with Crippen molar-refractivity contribution in [2.45, 2.75) is 52.9 Å². The molecule has 18 heavy (non-hydrogen) atoms. The molecule has 3 nitrogen and oxygen atoms in total. The third-order valence-corrected chi connectivity index (χ3v) is 3.53. The molecule has 2 atom stereocenters. The summed E-state index contributed by atoms with van der Waals surface area (Å²) in [7, 11) is 0. The van der Waals surface area contributed by atoms with Crippen molar-refractivity contribution in [3.05, 3.63) is 0 Å². The Kier molecular flexibility index (Phi) is 9.87. The lowest BCUT2D eigenvalue weighted by Crippen LogP contribution is -2.34. The molecule has 0 aromatic carbocycles. The summed E-state index contributed by atoms with van der Waals surface area (Å²) in [4.78, 5) is 4.30. The van der Waals surface area contributed by atoms with Crippen LogP contribution in [-0.2, 0) is 0 Å². The average molecular weight is 367 g/mol. The normalized spacial score (nSPS) is 24.8. The number of nitrogens with one attached hydrogen (secondary N) is 1. The standard InChI is InChI=1S/C14H29N3.HI/c1-11(2)10-17-14(15)16-8-7-13-6-4-5-12(3)9-13;/h11-13H,4-10H2,1-3H3,(H3,15,16,17);1H. The van der Waals surface area contributed by atoms with E-state index in [1.165, 1.54) is 32.1 Å². The molecule has 0 aromatic heterocycles. The molecule has 0 aliphatic heterocycles. The van der Waals surface area contributed by atoms with Crippen LogP contribution in [0, 0.1) is 17.8 Å². The Morgan fingerprint density at radius 2 is 2.11 bits per heavy atom. The van der Waals surface area contributed by atoms with Gasteiger partial charge in [0.15, 0.2) is 5.96 Å². The minimum atomic E-state index is 0. The largest absolute Gasteiger partial charge is 0.370 e. The minimum absolute atomic E-state index is 0. The molecule has 3 N–H and O–H groups in total. The van der Waals surface area contributed by atoms with Crippen LogP contribution in [0.1, 0.15) is 52.9 Å². The Morgan fingerprint density at radius 3 is 2.72 bits per heavy atom. The lowest BCUT2D eigenvalue weighted by molar-refractivity contribution is 0.270. The average Bonchev–Trinajstić information content (AvgIpc) is 2.26. The van der Waals surface area contributed by atoms with Crippen LogP contribution in [0.25, 0.3) is 0 Å². The van der Waals surface area contributed by atoms with Gasteiger partial charge in [0.2, 0.25) is 0 Å². The van der Waals surface area contributed by atoms with Crippen molar-refractivity contribution < 1.29 is 0 Å². The molecular weight excluding hydrogens is 337 g/mol. The van der Waals surface area contributed by atoms with Gasteiger partial charge in [-0.3, -0.25) is 4.99 Å². The second kappa shape index (κ2) is 9.87. The quantitative estimate of drug-likeness (QED) is 0.445. The van der Waals surface area contributed by atoms with E-state index in [4.69, 9.17) is 5.73 Å². The Morgan fingerprint density at radius 1 is 1.39 bits per heavy atom. The van der Waals surface area contributed by atoms with Crippen LogP contribution < -0.4 is 11.1 Å². The second-order valence-corrected chi connectivity index (χ2v) is 5.97. The summed E-state index contributed by atoms with van der Waals surface area (Å²) in [6.07, 6.45) is 6.85. The number of hydrogen-bond acceptors (Lipinski definition) is 1. The van der Waals surface area contributed by atoms with Crippen molar-refractivity contribution in [2.24, 2.45) is 28.5 Å². The van der Waals surface area contributed by atoms with Gasteiger partial charge in [0.05, 0.1) is 0 Å². The molecule has 1 saturated carbocycles. The van der Waals surface area contributed by atoms with E-state index in [2.05, 4.69) is 31.1 Å². The molecule has 0 aromatic rings. The lowest BCUT2D eigenvalue weighted by atomic mass is 9.81. The van der Waals surface area contributed by atoms with Gasteiger partial charge in [-0.15, -0.1) is 24.0 Å². The summed E-state index contributed by atoms with van der Waals surface area (Å²) < 4.78 is 0. The number of halogens is 1. The summed E-state index contributed by atoms with van der Waals surface area (Å²) in [5.74, 6) is 3.00. The van der Waals surface area contributed by atoms with Gasteiger partial charge < -0.3 is 11.1 Å². The van der Waals surface area contributed by atoms with Gasteiger partial charge >= 0.3 is 0 Å². The third kappa shape index (κ3) is 8.16. The maximum atomic E-state index is 5.80. The molecule has 4 heteroatoms. The molecule has 0 heterocycles. The van der Waals surface area contributed by atoms with E-state index in [1.54, 1.807) is 0 Å². The molecule has 1 fully saturated rings. The highest BCUT2D eigenvalue weighted by Crippen LogP contribution is 2.30. The number of hydrogen-bond donors (Lipinski definition) is 2. The first-order valence-corrected chi connectivity index (χ1v) is 7.11. The van der Waals surface area contributed by atoms with Gasteiger partial charge in [0.1, 0.15) is 0 Å². The molecule has 0 amide bonds. The molecule has 1 aliphatic rings. The van der Waals surface area contributed by atoms with E-state index in [1.807, 2.05) is 0 Å². The van der Waals surface area contributed by atoms with E-state index >= 15 is 0 Å². The molecule has 1 aliphatic carbocycles. The number of guanidine groups is 1. The molecule has 1 rings (SSSR count). The van der Waals surface area contributed by atoms with Crippen LogP contribution >= 0.6 is 24.0 Å². The first-order chi connectivity index (χ1) is 8.08. The predicted octanol–water partition coefficient (Wildman–Crippen LogP) is 3.38. The first kappa shape index (κ1) is 18.0. The molecule has 2 unspecified atom stereocenters. The summed E-state index contributed by atoms with van der Waals surface area (Å²) in [6.45, 7) is 8.47. The number of nitrogens with two attached hydrogens (primary N) is 1. The van der Waals surface area contributed by atoms with Crippen LogP contribution in [0.4, 0.5) is 0 Å². The molecule has 108 valence electrons. The zero-order valence-electron chi connectivity index (χ0n) is 12.1. The van der Waals surface area contributed by atoms with Crippen LogP contribution in [0.2, 0.25) is 0 Å². The van der Waals surface area contributed by atoms with E-state index in [-0.39, 0.29) is 24.0 Å². The van der Waals surface area contributed by atoms with Crippen LogP contribution in [0.5, 0.6) is 0 Å². The fraction of sp³-hybridized carbons (Fsp3) is 0.929. The van der Waals surface area contributed by atoms with Crippen molar-refractivity contribution >= 4 is 29.9 Å². The molecule has 0 spiro atoms. The topological polar surface area (TPSA) is 50.4 Å².